The molecule has 0 saturated heterocycles. The van der Waals surface area contributed by atoms with Crippen molar-refractivity contribution >= 4 is 17.3 Å². The molecule has 1 rings (SSSR count). The van der Waals surface area contributed by atoms with Gasteiger partial charge in [0.25, 0.3) is 0 Å². The summed E-state index contributed by atoms with van der Waals surface area (Å²) in [5.74, 6) is 0. The van der Waals surface area contributed by atoms with Crippen LogP contribution < -0.4 is 11.1 Å². The number of nitrogens with one attached hydrogen (secondary N) is 1. The number of anilines is 1. The first-order valence-electron chi connectivity index (χ1n) is 4.69. The highest BCUT2D eigenvalue weighted by Gasteiger charge is 2.15. The third kappa shape index (κ3) is 2.89. The zero-order valence-electron chi connectivity index (χ0n) is 8.89. The fourth-order valence-corrected chi connectivity index (χ4v) is 1.41. The summed E-state index contributed by atoms with van der Waals surface area (Å²) in [7, 11) is 0. The summed E-state index contributed by atoms with van der Waals surface area (Å²) >= 11 is 5.87. The van der Waals surface area contributed by atoms with Crippen LogP contribution in [0, 0.1) is 6.92 Å². The normalized spacial score (nSPS) is 11.5. The van der Waals surface area contributed by atoms with E-state index in [9.17, 15) is 0 Å². The highest BCUT2D eigenvalue weighted by Crippen LogP contribution is 2.22. The molecular formula is C11H17ClN2. The molecule has 0 radical (unpaired) electrons. The Morgan fingerprint density at radius 1 is 1.43 bits per heavy atom. The van der Waals surface area contributed by atoms with E-state index in [0.717, 1.165) is 16.3 Å². The van der Waals surface area contributed by atoms with E-state index in [-0.39, 0.29) is 5.54 Å². The van der Waals surface area contributed by atoms with Crippen LogP contribution in [-0.2, 0) is 0 Å². The van der Waals surface area contributed by atoms with Crippen molar-refractivity contribution < 1.29 is 0 Å². The molecule has 0 spiro atoms. The lowest BCUT2D eigenvalue weighted by Gasteiger charge is -2.26. The second-order valence-electron chi connectivity index (χ2n) is 4.17. The van der Waals surface area contributed by atoms with Crippen molar-refractivity contribution in [1.29, 1.82) is 0 Å². The van der Waals surface area contributed by atoms with Gasteiger partial charge in [-0.1, -0.05) is 11.6 Å². The quantitative estimate of drug-likeness (QED) is 0.809. The van der Waals surface area contributed by atoms with Crippen LogP contribution in [0.2, 0.25) is 5.02 Å². The zero-order chi connectivity index (χ0) is 10.8. The van der Waals surface area contributed by atoms with Gasteiger partial charge in [0.1, 0.15) is 0 Å². The largest absolute Gasteiger partial charge is 0.379 e. The van der Waals surface area contributed by atoms with Gasteiger partial charge >= 0.3 is 0 Å². The van der Waals surface area contributed by atoms with Gasteiger partial charge < -0.3 is 11.1 Å². The van der Waals surface area contributed by atoms with Gasteiger partial charge in [0.15, 0.2) is 0 Å². The van der Waals surface area contributed by atoms with Gasteiger partial charge in [-0.2, -0.15) is 0 Å². The number of hydrogen-bond acceptors (Lipinski definition) is 2. The molecule has 3 heteroatoms. The number of hydrogen-bond donors (Lipinski definition) is 2. The van der Waals surface area contributed by atoms with Gasteiger partial charge in [-0.25, -0.2) is 0 Å². The van der Waals surface area contributed by atoms with Crippen molar-refractivity contribution in [2.24, 2.45) is 5.73 Å². The molecule has 0 fully saturated rings. The van der Waals surface area contributed by atoms with Gasteiger partial charge in [0, 0.05) is 22.8 Å². The highest BCUT2D eigenvalue weighted by molar-refractivity contribution is 6.30. The van der Waals surface area contributed by atoms with E-state index in [0.29, 0.717) is 6.54 Å². The number of rotatable bonds is 3. The van der Waals surface area contributed by atoms with Crippen molar-refractivity contribution in [3.8, 4) is 0 Å². The number of halogens is 1. The smallest absolute Gasteiger partial charge is 0.0439 e. The van der Waals surface area contributed by atoms with Crippen molar-refractivity contribution in [3.05, 3.63) is 28.8 Å². The van der Waals surface area contributed by atoms with Gasteiger partial charge in [0.2, 0.25) is 0 Å². The minimum atomic E-state index is -0.0847. The fraction of sp³-hybridized carbons (Fsp3) is 0.455. The highest BCUT2D eigenvalue weighted by atomic mass is 35.5. The molecule has 0 aliphatic rings. The van der Waals surface area contributed by atoms with Crippen LogP contribution in [0.5, 0.6) is 0 Å². The predicted molar refractivity (Wildman–Crippen MR) is 62.9 cm³/mol. The van der Waals surface area contributed by atoms with E-state index in [1.54, 1.807) is 0 Å². The Morgan fingerprint density at radius 3 is 2.57 bits per heavy atom. The molecule has 0 unspecified atom stereocenters. The van der Waals surface area contributed by atoms with Crippen molar-refractivity contribution in [3.63, 3.8) is 0 Å². The molecule has 0 amide bonds. The molecule has 1 aromatic carbocycles. The van der Waals surface area contributed by atoms with Crippen LogP contribution in [-0.4, -0.2) is 12.1 Å². The molecular weight excluding hydrogens is 196 g/mol. The van der Waals surface area contributed by atoms with Crippen LogP contribution >= 0.6 is 11.6 Å². The number of aryl methyl sites for hydroxylation is 1. The monoisotopic (exact) mass is 212 g/mol. The van der Waals surface area contributed by atoms with E-state index in [1.165, 1.54) is 0 Å². The average molecular weight is 213 g/mol. The molecule has 0 saturated carbocycles. The first kappa shape index (κ1) is 11.3. The molecule has 2 nitrogen and oxygen atoms in total. The molecule has 14 heavy (non-hydrogen) atoms. The Labute approximate surface area is 90.4 Å². The van der Waals surface area contributed by atoms with Crippen LogP contribution in [0.4, 0.5) is 5.69 Å². The molecule has 1 aromatic rings. The third-order valence-corrected chi connectivity index (χ3v) is 2.41. The van der Waals surface area contributed by atoms with Gasteiger partial charge in [-0.15, -0.1) is 0 Å². The number of nitrogens with two attached hydrogens (primary N) is 1. The minimum absolute atomic E-state index is 0.0847. The first-order chi connectivity index (χ1) is 6.44. The van der Waals surface area contributed by atoms with Gasteiger partial charge in [-0.05, 0) is 44.5 Å². The molecule has 3 N–H and O–H groups in total. The van der Waals surface area contributed by atoms with E-state index >= 15 is 0 Å². The second kappa shape index (κ2) is 4.20. The molecule has 0 heterocycles. The standard InChI is InChI=1S/C11H17ClN2/c1-8-6-9(12)4-5-10(8)14-11(2,3)7-13/h4-6,14H,7,13H2,1-3H3. The number of benzene rings is 1. The zero-order valence-corrected chi connectivity index (χ0v) is 9.65. The maximum absolute atomic E-state index is 5.87. The fourth-order valence-electron chi connectivity index (χ4n) is 1.18. The molecule has 0 aliphatic carbocycles. The Hall–Kier alpha value is -0.730. The average Bonchev–Trinajstić information content (AvgIpc) is 2.10. The lowest BCUT2D eigenvalue weighted by atomic mass is 10.0. The predicted octanol–water partition coefficient (Wildman–Crippen LogP) is 2.80. The van der Waals surface area contributed by atoms with Gasteiger partial charge in [-0.3, -0.25) is 0 Å². The Balaban J connectivity index is 2.87. The first-order valence-corrected chi connectivity index (χ1v) is 5.07. The summed E-state index contributed by atoms with van der Waals surface area (Å²) in [6.45, 7) is 6.76. The van der Waals surface area contributed by atoms with E-state index in [2.05, 4.69) is 19.2 Å². The molecule has 0 bridgehead atoms. The summed E-state index contributed by atoms with van der Waals surface area (Å²) < 4.78 is 0. The second-order valence-corrected chi connectivity index (χ2v) is 4.61. The molecule has 0 aliphatic heterocycles. The van der Waals surface area contributed by atoms with Crippen molar-refractivity contribution in [2.45, 2.75) is 26.3 Å². The van der Waals surface area contributed by atoms with Gasteiger partial charge in [0.05, 0.1) is 0 Å². The Bertz CT molecular complexity index is 321. The molecule has 0 aromatic heterocycles. The van der Waals surface area contributed by atoms with E-state index < -0.39 is 0 Å². The SMILES string of the molecule is Cc1cc(Cl)ccc1NC(C)(C)CN. The maximum atomic E-state index is 5.87. The minimum Gasteiger partial charge on any atom is -0.379 e. The maximum Gasteiger partial charge on any atom is 0.0439 e. The van der Waals surface area contributed by atoms with Crippen LogP contribution in [0.3, 0.4) is 0 Å². The third-order valence-electron chi connectivity index (χ3n) is 2.17. The Kier molecular flexibility index (Phi) is 3.40. The van der Waals surface area contributed by atoms with Crippen molar-refractivity contribution in [2.75, 3.05) is 11.9 Å². The summed E-state index contributed by atoms with van der Waals surface area (Å²) in [4.78, 5) is 0. The summed E-state index contributed by atoms with van der Waals surface area (Å²) in [5.41, 5.74) is 7.79. The summed E-state index contributed by atoms with van der Waals surface area (Å²) in [5, 5.41) is 4.14. The summed E-state index contributed by atoms with van der Waals surface area (Å²) in [6.07, 6.45) is 0. The summed E-state index contributed by atoms with van der Waals surface area (Å²) in [6, 6.07) is 5.80. The lowest BCUT2D eigenvalue weighted by Crippen LogP contribution is -2.39. The lowest BCUT2D eigenvalue weighted by molar-refractivity contribution is 0.579. The van der Waals surface area contributed by atoms with Crippen molar-refractivity contribution in [1.82, 2.24) is 0 Å². The van der Waals surface area contributed by atoms with E-state index in [4.69, 9.17) is 17.3 Å². The Morgan fingerprint density at radius 2 is 2.07 bits per heavy atom. The van der Waals surface area contributed by atoms with Crippen LogP contribution in [0.15, 0.2) is 18.2 Å². The van der Waals surface area contributed by atoms with Crippen LogP contribution in [0.25, 0.3) is 0 Å². The van der Waals surface area contributed by atoms with E-state index in [1.807, 2.05) is 25.1 Å². The molecule has 0 atom stereocenters. The molecule has 78 valence electrons. The van der Waals surface area contributed by atoms with Crippen LogP contribution in [0.1, 0.15) is 19.4 Å². The topological polar surface area (TPSA) is 38.0 Å².